The van der Waals surface area contributed by atoms with Crippen LogP contribution >= 0.6 is 0 Å². The summed E-state index contributed by atoms with van der Waals surface area (Å²) in [6, 6.07) is 10.1. The number of anilines is 1. The van der Waals surface area contributed by atoms with Gasteiger partial charge in [0.15, 0.2) is 0 Å². The van der Waals surface area contributed by atoms with Gasteiger partial charge in [-0.15, -0.1) is 0 Å². The zero-order chi connectivity index (χ0) is 14.3. The monoisotopic (exact) mass is 262 g/mol. The summed E-state index contributed by atoms with van der Waals surface area (Å²) >= 11 is 0. The molecule has 0 saturated heterocycles. The predicted molar refractivity (Wildman–Crippen MR) is 85.9 cm³/mol. The second-order valence-corrected chi connectivity index (χ2v) is 5.41. The van der Waals surface area contributed by atoms with Gasteiger partial charge in [-0.1, -0.05) is 32.4 Å². The third-order valence-corrected chi connectivity index (χ3v) is 4.03. The van der Waals surface area contributed by atoms with Crippen molar-refractivity contribution in [2.24, 2.45) is 0 Å². The summed E-state index contributed by atoms with van der Waals surface area (Å²) in [4.78, 5) is 2.54. The fraction of sp³-hybridized carbons (Fsp3) is 0.647. The van der Waals surface area contributed by atoms with Crippen LogP contribution in [-0.4, -0.2) is 19.6 Å². The van der Waals surface area contributed by atoms with Gasteiger partial charge in [0.05, 0.1) is 0 Å². The molecule has 2 nitrogen and oxygen atoms in total. The molecule has 108 valence electrons. The Labute approximate surface area is 119 Å². The molecule has 1 N–H and O–H groups in total. The standard InChI is InChI=1S/C17H30N2/c1-6-8-13-19(14(3)7-2)17-11-9-16(10-12-17)15(4)18-5/h9-12,14-15,18H,6-8,13H2,1-5H3. The maximum absolute atomic E-state index is 3.28. The van der Waals surface area contributed by atoms with Crippen molar-refractivity contribution >= 4 is 5.69 Å². The Kier molecular flexibility index (Phi) is 6.93. The predicted octanol–water partition coefficient (Wildman–Crippen LogP) is 4.37. The lowest BCUT2D eigenvalue weighted by atomic mass is 10.1. The molecule has 0 heterocycles. The van der Waals surface area contributed by atoms with Crippen LogP contribution in [-0.2, 0) is 0 Å². The largest absolute Gasteiger partial charge is 0.369 e. The maximum Gasteiger partial charge on any atom is 0.0368 e. The van der Waals surface area contributed by atoms with Gasteiger partial charge in [0, 0.05) is 24.3 Å². The summed E-state index contributed by atoms with van der Waals surface area (Å²) in [6.45, 7) is 10.2. The molecule has 0 aliphatic heterocycles. The lowest BCUT2D eigenvalue weighted by Gasteiger charge is -2.31. The van der Waals surface area contributed by atoms with Crippen molar-refractivity contribution in [2.45, 2.75) is 59.0 Å². The summed E-state index contributed by atoms with van der Waals surface area (Å²) in [5, 5.41) is 3.28. The summed E-state index contributed by atoms with van der Waals surface area (Å²) in [5.74, 6) is 0. The molecule has 0 spiro atoms. The molecule has 2 atom stereocenters. The molecule has 1 aromatic rings. The van der Waals surface area contributed by atoms with E-state index < -0.39 is 0 Å². The Morgan fingerprint density at radius 1 is 1.11 bits per heavy atom. The van der Waals surface area contributed by atoms with E-state index in [0.717, 1.165) is 6.54 Å². The van der Waals surface area contributed by atoms with Crippen LogP contribution in [0.15, 0.2) is 24.3 Å². The SMILES string of the molecule is CCCCN(c1ccc(C(C)NC)cc1)C(C)CC. The normalized spacial score (nSPS) is 14.2. The highest BCUT2D eigenvalue weighted by molar-refractivity contribution is 5.48. The van der Waals surface area contributed by atoms with Crippen molar-refractivity contribution < 1.29 is 0 Å². The molecule has 0 aliphatic rings. The lowest BCUT2D eigenvalue weighted by Crippen LogP contribution is -2.33. The zero-order valence-corrected chi connectivity index (χ0v) is 13.2. The first kappa shape index (κ1) is 16.0. The van der Waals surface area contributed by atoms with Crippen molar-refractivity contribution in [1.29, 1.82) is 0 Å². The molecule has 19 heavy (non-hydrogen) atoms. The van der Waals surface area contributed by atoms with Crippen molar-refractivity contribution in [3.63, 3.8) is 0 Å². The third-order valence-electron chi connectivity index (χ3n) is 4.03. The molecule has 0 bridgehead atoms. The molecule has 1 rings (SSSR count). The van der Waals surface area contributed by atoms with E-state index in [0.29, 0.717) is 12.1 Å². The first-order chi connectivity index (χ1) is 9.13. The van der Waals surface area contributed by atoms with Gasteiger partial charge in [-0.25, -0.2) is 0 Å². The summed E-state index contributed by atoms with van der Waals surface area (Å²) < 4.78 is 0. The number of hydrogen-bond acceptors (Lipinski definition) is 2. The summed E-state index contributed by atoms with van der Waals surface area (Å²) in [6.07, 6.45) is 3.71. The Morgan fingerprint density at radius 3 is 2.21 bits per heavy atom. The van der Waals surface area contributed by atoms with Crippen molar-refractivity contribution in [2.75, 3.05) is 18.5 Å². The van der Waals surface area contributed by atoms with Gasteiger partial charge >= 0.3 is 0 Å². The quantitative estimate of drug-likeness (QED) is 0.748. The van der Waals surface area contributed by atoms with Crippen molar-refractivity contribution in [3.05, 3.63) is 29.8 Å². The van der Waals surface area contributed by atoms with Gasteiger partial charge < -0.3 is 10.2 Å². The van der Waals surface area contributed by atoms with Gasteiger partial charge in [-0.3, -0.25) is 0 Å². The van der Waals surface area contributed by atoms with Gasteiger partial charge in [0.2, 0.25) is 0 Å². The van der Waals surface area contributed by atoms with E-state index in [1.165, 1.54) is 30.5 Å². The van der Waals surface area contributed by atoms with E-state index in [1.54, 1.807) is 0 Å². The van der Waals surface area contributed by atoms with E-state index in [2.05, 4.69) is 62.2 Å². The van der Waals surface area contributed by atoms with Crippen LogP contribution in [0.2, 0.25) is 0 Å². The number of rotatable bonds is 8. The van der Waals surface area contributed by atoms with Crippen LogP contribution in [0.25, 0.3) is 0 Å². The smallest absolute Gasteiger partial charge is 0.0368 e. The highest BCUT2D eigenvalue weighted by atomic mass is 15.2. The van der Waals surface area contributed by atoms with E-state index in [4.69, 9.17) is 0 Å². The van der Waals surface area contributed by atoms with Crippen molar-refractivity contribution in [3.8, 4) is 0 Å². The average Bonchev–Trinajstić information content (AvgIpc) is 2.47. The highest BCUT2D eigenvalue weighted by Crippen LogP contribution is 2.22. The van der Waals surface area contributed by atoms with Crippen LogP contribution in [0.5, 0.6) is 0 Å². The first-order valence-electron chi connectivity index (χ1n) is 7.67. The Hall–Kier alpha value is -1.02. The van der Waals surface area contributed by atoms with Crippen LogP contribution in [0.3, 0.4) is 0 Å². The number of nitrogens with zero attached hydrogens (tertiary/aromatic N) is 1. The van der Waals surface area contributed by atoms with Gasteiger partial charge in [0.25, 0.3) is 0 Å². The molecular formula is C17H30N2. The zero-order valence-electron chi connectivity index (χ0n) is 13.2. The molecular weight excluding hydrogens is 232 g/mol. The number of nitrogens with one attached hydrogen (secondary N) is 1. The molecule has 0 amide bonds. The minimum Gasteiger partial charge on any atom is -0.369 e. The van der Waals surface area contributed by atoms with Gasteiger partial charge in [-0.05, 0) is 51.4 Å². The minimum absolute atomic E-state index is 0.418. The molecule has 2 heteroatoms. The second kappa shape index (κ2) is 8.21. The molecule has 0 aliphatic carbocycles. The van der Waals surface area contributed by atoms with Crippen LogP contribution < -0.4 is 10.2 Å². The van der Waals surface area contributed by atoms with Crippen molar-refractivity contribution in [1.82, 2.24) is 5.32 Å². The fourth-order valence-corrected chi connectivity index (χ4v) is 2.27. The van der Waals surface area contributed by atoms with E-state index in [9.17, 15) is 0 Å². The van der Waals surface area contributed by atoms with Crippen LogP contribution in [0, 0.1) is 0 Å². The van der Waals surface area contributed by atoms with Gasteiger partial charge in [0.1, 0.15) is 0 Å². The fourth-order valence-electron chi connectivity index (χ4n) is 2.27. The maximum atomic E-state index is 3.28. The van der Waals surface area contributed by atoms with E-state index in [-0.39, 0.29) is 0 Å². The highest BCUT2D eigenvalue weighted by Gasteiger charge is 2.12. The molecule has 0 saturated carbocycles. The van der Waals surface area contributed by atoms with Gasteiger partial charge in [-0.2, -0.15) is 0 Å². The number of benzene rings is 1. The first-order valence-corrected chi connectivity index (χ1v) is 7.67. The van der Waals surface area contributed by atoms with E-state index in [1.807, 2.05) is 7.05 Å². The second-order valence-electron chi connectivity index (χ2n) is 5.41. The number of unbranched alkanes of at least 4 members (excludes halogenated alkanes) is 1. The molecule has 1 aromatic carbocycles. The van der Waals surface area contributed by atoms with Crippen LogP contribution in [0.4, 0.5) is 5.69 Å². The Balaban J connectivity index is 2.84. The number of hydrogen-bond donors (Lipinski definition) is 1. The lowest BCUT2D eigenvalue weighted by molar-refractivity contribution is 0.595. The average molecular weight is 262 g/mol. The Bertz CT molecular complexity index is 345. The molecule has 0 radical (unpaired) electrons. The Morgan fingerprint density at radius 2 is 1.74 bits per heavy atom. The third kappa shape index (κ3) is 4.54. The van der Waals surface area contributed by atoms with E-state index >= 15 is 0 Å². The van der Waals surface area contributed by atoms with Crippen LogP contribution in [0.1, 0.15) is 58.6 Å². The molecule has 0 aromatic heterocycles. The summed E-state index contributed by atoms with van der Waals surface area (Å²) in [5.41, 5.74) is 2.71. The topological polar surface area (TPSA) is 15.3 Å². The summed E-state index contributed by atoms with van der Waals surface area (Å²) in [7, 11) is 2.01. The molecule has 2 unspecified atom stereocenters. The molecule has 0 fully saturated rings. The minimum atomic E-state index is 0.418.